The summed E-state index contributed by atoms with van der Waals surface area (Å²) in [4.78, 5) is 48.5. The number of ether oxygens (including phenoxy) is 2. The lowest BCUT2D eigenvalue weighted by Crippen LogP contribution is -2.51. The van der Waals surface area contributed by atoms with E-state index in [9.17, 15) is 14.7 Å². The normalized spacial score (nSPS) is 38.5. The SMILES string of the molecule is COC1CCC([Si](C)(C)[C@H]2[C@H](CC(=O)N3CCC[C@H]3CO)O[C@@]3(C(=O)N(CC4CCCC(N5CCCCC5=O)C4)C4=C3CCCC4)[C@@H]2C)CC1. The maximum absolute atomic E-state index is 15.3. The Morgan fingerprint density at radius 2 is 1.70 bits per heavy atom. The maximum Gasteiger partial charge on any atom is 0.263 e. The van der Waals surface area contributed by atoms with E-state index >= 15 is 4.79 Å². The molecule has 50 heavy (non-hydrogen) atoms. The number of amides is 3. The Morgan fingerprint density at radius 3 is 2.44 bits per heavy atom. The van der Waals surface area contributed by atoms with Gasteiger partial charge in [0.15, 0.2) is 5.60 Å². The van der Waals surface area contributed by atoms with Crippen LogP contribution >= 0.6 is 0 Å². The van der Waals surface area contributed by atoms with Gasteiger partial charge in [-0.15, -0.1) is 0 Å². The van der Waals surface area contributed by atoms with Gasteiger partial charge in [0, 0.05) is 50.8 Å². The van der Waals surface area contributed by atoms with Crippen molar-refractivity contribution >= 4 is 25.8 Å². The zero-order valence-electron chi connectivity index (χ0n) is 31.5. The summed E-state index contributed by atoms with van der Waals surface area (Å²) >= 11 is 0. The van der Waals surface area contributed by atoms with Crippen LogP contribution in [0.3, 0.4) is 0 Å². The molecule has 0 radical (unpaired) electrons. The number of rotatable bonds is 9. The number of piperidine rings is 1. The van der Waals surface area contributed by atoms with E-state index in [2.05, 4.69) is 29.8 Å². The van der Waals surface area contributed by atoms with Crippen LogP contribution < -0.4 is 0 Å². The molecular formula is C40H65N3O6Si. The molecule has 2 saturated carbocycles. The number of likely N-dealkylation sites (tertiary alicyclic amines) is 2. The summed E-state index contributed by atoms with van der Waals surface area (Å²) in [6.45, 7) is 9.64. The summed E-state index contributed by atoms with van der Waals surface area (Å²) in [6.07, 6.45) is 17.5. The van der Waals surface area contributed by atoms with Crippen molar-refractivity contribution in [3.05, 3.63) is 11.3 Å². The van der Waals surface area contributed by atoms with Gasteiger partial charge in [0.1, 0.15) is 0 Å². The van der Waals surface area contributed by atoms with Gasteiger partial charge < -0.3 is 29.3 Å². The first-order valence-electron chi connectivity index (χ1n) is 20.5. The van der Waals surface area contributed by atoms with Crippen molar-refractivity contribution in [2.45, 2.75) is 177 Å². The Kier molecular flexibility index (Phi) is 10.9. The van der Waals surface area contributed by atoms with Gasteiger partial charge in [-0.1, -0.05) is 39.3 Å². The molecule has 1 spiro atoms. The lowest BCUT2D eigenvalue weighted by Gasteiger charge is -2.45. The second-order valence-electron chi connectivity index (χ2n) is 17.8. The van der Waals surface area contributed by atoms with Crippen LogP contribution in [0.25, 0.3) is 0 Å². The molecule has 0 aromatic rings. The molecule has 4 aliphatic heterocycles. The van der Waals surface area contributed by atoms with Gasteiger partial charge in [-0.05, 0) is 106 Å². The fourth-order valence-corrected chi connectivity index (χ4v) is 17.3. The molecule has 2 unspecified atom stereocenters. The highest BCUT2D eigenvalue weighted by atomic mass is 28.3. The molecule has 0 aromatic heterocycles. The first-order valence-corrected chi connectivity index (χ1v) is 23.7. The summed E-state index contributed by atoms with van der Waals surface area (Å²) in [5.74, 6) is 0.900. The monoisotopic (exact) mass is 711 g/mol. The fourth-order valence-electron chi connectivity index (χ4n) is 12.3. The molecule has 3 aliphatic carbocycles. The zero-order chi connectivity index (χ0) is 35.2. The van der Waals surface area contributed by atoms with Gasteiger partial charge in [0.25, 0.3) is 5.91 Å². The zero-order valence-corrected chi connectivity index (χ0v) is 32.5. The quantitative estimate of drug-likeness (QED) is 0.278. The third kappa shape index (κ3) is 6.44. The number of aliphatic hydroxyl groups is 1. The van der Waals surface area contributed by atoms with Crippen LogP contribution in [-0.4, -0.2) is 109 Å². The molecule has 280 valence electrons. The predicted octanol–water partition coefficient (Wildman–Crippen LogP) is 6.41. The summed E-state index contributed by atoms with van der Waals surface area (Å²) in [7, 11) is -0.249. The third-order valence-electron chi connectivity index (χ3n) is 14.9. The molecule has 7 aliphatic rings. The van der Waals surface area contributed by atoms with Crippen molar-refractivity contribution in [1.29, 1.82) is 0 Å². The van der Waals surface area contributed by atoms with E-state index in [4.69, 9.17) is 9.47 Å². The van der Waals surface area contributed by atoms with E-state index in [1.807, 2.05) is 12.0 Å². The highest BCUT2D eigenvalue weighted by Gasteiger charge is 2.67. The maximum atomic E-state index is 15.3. The second-order valence-corrected chi connectivity index (χ2v) is 22.9. The molecule has 4 heterocycles. The van der Waals surface area contributed by atoms with Crippen molar-refractivity contribution in [2.75, 3.05) is 33.4 Å². The van der Waals surface area contributed by atoms with Gasteiger partial charge in [0.05, 0.1) is 39.4 Å². The van der Waals surface area contributed by atoms with Crippen LogP contribution in [0.5, 0.6) is 0 Å². The third-order valence-corrected chi connectivity index (χ3v) is 20.2. The van der Waals surface area contributed by atoms with Crippen molar-refractivity contribution in [3.63, 3.8) is 0 Å². The Bertz CT molecular complexity index is 1310. The number of aliphatic hydroxyl groups excluding tert-OH is 1. The smallest absolute Gasteiger partial charge is 0.263 e. The summed E-state index contributed by atoms with van der Waals surface area (Å²) < 4.78 is 13.1. The van der Waals surface area contributed by atoms with E-state index in [-0.39, 0.29) is 42.0 Å². The molecule has 0 bridgehead atoms. The number of hydrogen-bond acceptors (Lipinski definition) is 6. The van der Waals surface area contributed by atoms with Gasteiger partial charge in [-0.2, -0.15) is 0 Å². The fraction of sp³-hybridized carbons (Fsp3) is 0.875. The molecular weight excluding hydrogens is 647 g/mol. The summed E-state index contributed by atoms with van der Waals surface area (Å²) in [6, 6.07) is 0.182. The van der Waals surface area contributed by atoms with Gasteiger partial charge in [-0.25, -0.2) is 0 Å². The first-order chi connectivity index (χ1) is 24.1. The van der Waals surface area contributed by atoms with Gasteiger partial charge in [0.2, 0.25) is 11.8 Å². The summed E-state index contributed by atoms with van der Waals surface area (Å²) in [5, 5.41) is 10.1. The molecule has 10 heteroatoms. The minimum absolute atomic E-state index is 0.00000724. The molecule has 9 nitrogen and oxygen atoms in total. The van der Waals surface area contributed by atoms with Crippen molar-refractivity contribution in [2.24, 2.45) is 11.8 Å². The van der Waals surface area contributed by atoms with Crippen LogP contribution in [0, 0.1) is 11.8 Å². The summed E-state index contributed by atoms with van der Waals surface area (Å²) in [5.41, 5.74) is 2.22. The number of allylic oxidation sites excluding steroid dienone is 1. The molecule has 7 rings (SSSR count). The number of nitrogens with zero attached hydrogens (tertiary/aromatic N) is 3. The van der Waals surface area contributed by atoms with Crippen molar-refractivity contribution < 1.29 is 29.0 Å². The minimum atomic E-state index is -2.08. The van der Waals surface area contributed by atoms with E-state index in [1.165, 1.54) is 11.3 Å². The molecule has 7 atom stereocenters. The second kappa shape index (κ2) is 14.9. The highest BCUT2D eigenvalue weighted by Crippen LogP contribution is 2.61. The van der Waals surface area contributed by atoms with E-state index in [0.29, 0.717) is 48.9 Å². The molecule has 3 amide bonds. The Balaban J connectivity index is 1.18. The van der Waals surface area contributed by atoms with Gasteiger partial charge >= 0.3 is 0 Å². The number of fused-ring (bicyclic) bond motifs is 1. The van der Waals surface area contributed by atoms with Crippen molar-refractivity contribution in [1.82, 2.24) is 14.7 Å². The topological polar surface area (TPSA) is 99.6 Å². The number of hydrogen-bond donors (Lipinski definition) is 1. The Hall–Kier alpha value is -1.75. The predicted molar refractivity (Wildman–Crippen MR) is 196 cm³/mol. The van der Waals surface area contributed by atoms with Crippen molar-refractivity contribution in [3.8, 4) is 0 Å². The lowest BCUT2D eigenvalue weighted by molar-refractivity contribution is -0.152. The van der Waals surface area contributed by atoms with E-state index in [0.717, 1.165) is 116 Å². The number of carbonyl (C=O) groups excluding carboxylic acids is 3. The average Bonchev–Trinajstić information content (AvgIpc) is 3.79. The molecule has 0 aromatic carbocycles. The Labute approximate surface area is 301 Å². The van der Waals surface area contributed by atoms with Crippen LogP contribution in [0.2, 0.25) is 24.2 Å². The Morgan fingerprint density at radius 1 is 0.940 bits per heavy atom. The average molecular weight is 712 g/mol. The van der Waals surface area contributed by atoms with E-state index < -0.39 is 13.7 Å². The minimum Gasteiger partial charge on any atom is -0.394 e. The molecule has 3 saturated heterocycles. The van der Waals surface area contributed by atoms with Crippen LogP contribution in [0.15, 0.2) is 11.3 Å². The highest BCUT2D eigenvalue weighted by molar-refractivity contribution is 6.80. The molecule has 1 N–H and O–H groups in total. The van der Waals surface area contributed by atoms with Crippen LogP contribution in [0.4, 0.5) is 0 Å². The van der Waals surface area contributed by atoms with Crippen LogP contribution in [0.1, 0.15) is 122 Å². The van der Waals surface area contributed by atoms with E-state index in [1.54, 1.807) is 0 Å². The van der Waals surface area contributed by atoms with Gasteiger partial charge in [-0.3, -0.25) is 14.4 Å². The lowest BCUT2D eigenvalue weighted by atomic mass is 9.78. The number of carbonyl (C=O) groups is 3. The molecule has 5 fully saturated rings. The standard InChI is InChI=1S/C40H65N3O6Si/c1-27-38(50(3,4)32-19-17-31(48-2)18-20-32)35(24-37(46)42-22-10-13-30(42)26-44)49-40(27)33-14-5-6-15-34(33)43(39(40)47)25-28-11-9-12-29(23-28)41-21-8-7-16-36(41)45/h27-32,35,38,44H,5-26H2,1-4H3/t27-,28?,29?,30+,31?,32?,35+,38-,40+/m1/s1. The van der Waals surface area contributed by atoms with Crippen LogP contribution in [-0.2, 0) is 23.9 Å². The number of methoxy groups -OCH3 is 1. The first kappa shape index (κ1) is 36.6. The largest absolute Gasteiger partial charge is 0.394 e.